The summed E-state index contributed by atoms with van der Waals surface area (Å²) in [5.74, 6) is 0.198. The summed E-state index contributed by atoms with van der Waals surface area (Å²) in [7, 11) is 0. The normalized spacial score (nSPS) is 8.45. The Bertz CT molecular complexity index is 217. The van der Waals surface area contributed by atoms with Gasteiger partial charge in [-0.15, -0.1) is 12.4 Å². The van der Waals surface area contributed by atoms with Crippen molar-refractivity contribution in [3.63, 3.8) is 0 Å². The summed E-state index contributed by atoms with van der Waals surface area (Å²) in [6, 6.07) is 1.73. The minimum Gasteiger partial charge on any atom is -0.504 e. The van der Waals surface area contributed by atoms with E-state index in [2.05, 4.69) is 10.3 Å². The van der Waals surface area contributed by atoms with Crippen molar-refractivity contribution in [2.45, 2.75) is 6.92 Å². The largest absolute Gasteiger partial charge is 0.504 e. The van der Waals surface area contributed by atoms with Gasteiger partial charge in [-0.25, -0.2) is 0 Å². The van der Waals surface area contributed by atoms with E-state index < -0.39 is 0 Å². The summed E-state index contributed by atoms with van der Waals surface area (Å²) in [6.07, 6.45) is 3.05. The van der Waals surface area contributed by atoms with Crippen LogP contribution in [0.2, 0.25) is 0 Å². The van der Waals surface area contributed by atoms with Crippen LogP contribution >= 0.6 is 12.4 Å². The SMILES string of the molecule is CCNc1ccncc1O.Cl. The number of rotatable bonds is 2. The molecule has 0 aliphatic carbocycles. The molecular weight excluding hydrogens is 164 g/mol. The maximum atomic E-state index is 9.12. The molecule has 1 aromatic rings. The molecule has 62 valence electrons. The second-order valence-electron chi connectivity index (χ2n) is 1.92. The lowest BCUT2D eigenvalue weighted by atomic mass is 10.4. The zero-order chi connectivity index (χ0) is 7.40. The van der Waals surface area contributed by atoms with Gasteiger partial charge in [-0.05, 0) is 13.0 Å². The molecule has 0 fully saturated rings. The highest BCUT2D eigenvalue weighted by atomic mass is 35.5. The predicted octanol–water partition coefficient (Wildman–Crippen LogP) is 1.64. The van der Waals surface area contributed by atoms with Crippen molar-refractivity contribution in [1.82, 2.24) is 4.98 Å². The number of aromatic hydroxyl groups is 1. The molecule has 0 unspecified atom stereocenters. The lowest BCUT2D eigenvalue weighted by Gasteiger charge is -2.02. The molecule has 0 aliphatic heterocycles. The van der Waals surface area contributed by atoms with Crippen LogP contribution < -0.4 is 5.32 Å². The van der Waals surface area contributed by atoms with Gasteiger partial charge in [-0.1, -0.05) is 0 Å². The van der Waals surface area contributed by atoms with Crippen molar-refractivity contribution in [2.24, 2.45) is 0 Å². The molecular formula is C7H11ClN2O. The van der Waals surface area contributed by atoms with Gasteiger partial charge in [0.05, 0.1) is 11.9 Å². The molecule has 0 amide bonds. The minimum absolute atomic E-state index is 0. The van der Waals surface area contributed by atoms with Crippen molar-refractivity contribution in [3.05, 3.63) is 18.5 Å². The lowest BCUT2D eigenvalue weighted by Crippen LogP contribution is -1.96. The van der Waals surface area contributed by atoms with Gasteiger partial charge in [0.1, 0.15) is 0 Å². The van der Waals surface area contributed by atoms with Crippen molar-refractivity contribution in [2.75, 3.05) is 11.9 Å². The summed E-state index contributed by atoms with van der Waals surface area (Å²) >= 11 is 0. The number of halogens is 1. The number of nitrogens with one attached hydrogen (secondary N) is 1. The predicted molar refractivity (Wildman–Crippen MR) is 47.3 cm³/mol. The Hall–Kier alpha value is -0.960. The molecule has 0 radical (unpaired) electrons. The van der Waals surface area contributed by atoms with E-state index in [4.69, 9.17) is 5.11 Å². The fourth-order valence-corrected chi connectivity index (χ4v) is 0.726. The van der Waals surface area contributed by atoms with E-state index in [1.54, 1.807) is 12.3 Å². The van der Waals surface area contributed by atoms with E-state index in [-0.39, 0.29) is 18.2 Å². The van der Waals surface area contributed by atoms with Gasteiger partial charge in [0.25, 0.3) is 0 Å². The Morgan fingerprint density at radius 1 is 1.64 bits per heavy atom. The Morgan fingerprint density at radius 3 is 2.91 bits per heavy atom. The first kappa shape index (κ1) is 10.0. The van der Waals surface area contributed by atoms with Crippen molar-refractivity contribution >= 4 is 18.1 Å². The van der Waals surface area contributed by atoms with E-state index in [0.29, 0.717) is 0 Å². The first-order valence-corrected chi connectivity index (χ1v) is 3.21. The van der Waals surface area contributed by atoms with Crippen molar-refractivity contribution < 1.29 is 5.11 Å². The van der Waals surface area contributed by atoms with Crippen LogP contribution in [0, 0.1) is 0 Å². The van der Waals surface area contributed by atoms with Crippen LogP contribution in [0.25, 0.3) is 0 Å². The Labute approximate surface area is 71.9 Å². The summed E-state index contributed by atoms with van der Waals surface area (Å²) in [5.41, 5.74) is 0.734. The Kier molecular flexibility index (Phi) is 4.38. The average molecular weight is 175 g/mol. The highest BCUT2D eigenvalue weighted by Crippen LogP contribution is 2.19. The maximum absolute atomic E-state index is 9.12. The third-order valence-electron chi connectivity index (χ3n) is 1.17. The number of nitrogens with zero attached hydrogens (tertiary/aromatic N) is 1. The van der Waals surface area contributed by atoms with Gasteiger partial charge in [-0.2, -0.15) is 0 Å². The van der Waals surface area contributed by atoms with Crippen LogP contribution in [0.5, 0.6) is 5.75 Å². The molecule has 1 aromatic heterocycles. The third-order valence-corrected chi connectivity index (χ3v) is 1.17. The topological polar surface area (TPSA) is 45.2 Å². The second-order valence-corrected chi connectivity index (χ2v) is 1.92. The highest BCUT2D eigenvalue weighted by molar-refractivity contribution is 5.85. The van der Waals surface area contributed by atoms with Crippen LogP contribution in [0.15, 0.2) is 18.5 Å². The van der Waals surface area contributed by atoms with E-state index in [1.807, 2.05) is 6.92 Å². The van der Waals surface area contributed by atoms with Crippen molar-refractivity contribution in [1.29, 1.82) is 0 Å². The Morgan fingerprint density at radius 2 is 2.36 bits per heavy atom. The maximum Gasteiger partial charge on any atom is 0.157 e. The third kappa shape index (κ3) is 2.63. The quantitative estimate of drug-likeness (QED) is 0.717. The van der Waals surface area contributed by atoms with Crippen LogP contribution in [0.3, 0.4) is 0 Å². The van der Waals surface area contributed by atoms with Gasteiger partial charge >= 0.3 is 0 Å². The lowest BCUT2D eigenvalue weighted by molar-refractivity contribution is 0.474. The van der Waals surface area contributed by atoms with Gasteiger partial charge in [0.2, 0.25) is 0 Å². The van der Waals surface area contributed by atoms with E-state index >= 15 is 0 Å². The summed E-state index contributed by atoms with van der Waals surface area (Å²) in [4.78, 5) is 3.74. The van der Waals surface area contributed by atoms with E-state index in [1.165, 1.54) is 6.20 Å². The number of anilines is 1. The smallest absolute Gasteiger partial charge is 0.157 e. The van der Waals surface area contributed by atoms with Gasteiger partial charge in [0, 0.05) is 12.7 Å². The van der Waals surface area contributed by atoms with Gasteiger partial charge in [0.15, 0.2) is 5.75 Å². The molecule has 0 saturated carbocycles. The summed E-state index contributed by atoms with van der Waals surface area (Å²) in [5, 5.41) is 12.1. The molecule has 0 atom stereocenters. The fraction of sp³-hybridized carbons (Fsp3) is 0.286. The van der Waals surface area contributed by atoms with Crippen LogP contribution in [0.1, 0.15) is 6.92 Å². The van der Waals surface area contributed by atoms with Crippen LogP contribution in [-0.4, -0.2) is 16.6 Å². The summed E-state index contributed by atoms with van der Waals surface area (Å²) < 4.78 is 0. The van der Waals surface area contributed by atoms with Crippen molar-refractivity contribution in [3.8, 4) is 5.75 Å². The molecule has 11 heavy (non-hydrogen) atoms. The molecule has 0 bridgehead atoms. The molecule has 2 N–H and O–H groups in total. The zero-order valence-electron chi connectivity index (χ0n) is 6.24. The minimum atomic E-state index is 0. The van der Waals surface area contributed by atoms with Crippen LogP contribution in [0.4, 0.5) is 5.69 Å². The molecule has 4 heteroatoms. The molecule has 0 spiro atoms. The molecule has 0 aromatic carbocycles. The standard InChI is InChI=1S/C7H10N2O.ClH/c1-2-9-6-3-4-8-5-7(6)10;/h3-5,10H,2H2,1H3,(H,8,9);1H. The number of hydrogen-bond donors (Lipinski definition) is 2. The van der Waals surface area contributed by atoms with Gasteiger partial charge in [-0.3, -0.25) is 4.98 Å². The second kappa shape index (κ2) is 4.79. The number of aromatic nitrogens is 1. The van der Waals surface area contributed by atoms with E-state index in [9.17, 15) is 0 Å². The summed E-state index contributed by atoms with van der Waals surface area (Å²) in [6.45, 7) is 2.78. The average Bonchev–Trinajstić information content (AvgIpc) is 1.94. The monoisotopic (exact) mass is 174 g/mol. The first-order chi connectivity index (χ1) is 4.84. The Balaban J connectivity index is 0.000001000. The highest BCUT2D eigenvalue weighted by Gasteiger charge is 1.94. The van der Waals surface area contributed by atoms with Crippen LogP contribution in [-0.2, 0) is 0 Å². The zero-order valence-corrected chi connectivity index (χ0v) is 7.06. The molecule has 1 rings (SSSR count). The van der Waals surface area contributed by atoms with Gasteiger partial charge < -0.3 is 10.4 Å². The first-order valence-electron chi connectivity index (χ1n) is 3.21. The molecule has 3 nitrogen and oxygen atoms in total. The number of hydrogen-bond acceptors (Lipinski definition) is 3. The number of pyridine rings is 1. The molecule has 0 aliphatic rings. The molecule has 1 heterocycles. The fourth-order valence-electron chi connectivity index (χ4n) is 0.726. The van der Waals surface area contributed by atoms with E-state index in [0.717, 1.165) is 12.2 Å². The molecule has 0 saturated heterocycles.